The van der Waals surface area contributed by atoms with Gasteiger partial charge >= 0.3 is 0 Å². The van der Waals surface area contributed by atoms with Crippen molar-refractivity contribution >= 4 is 6.21 Å². The summed E-state index contributed by atoms with van der Waals surface area (Å²) in [6.07, 6.45) is 4.74. The average Bonchev–Trinajstić information content (AvgIpc) is 3.19. The van der Waals surface area contributed by atoms with Crippen LogP contribution in [0, 0.1) is 6.92 Å². The van der Waals surface area contributed by atoms with E-state index in [9.17, 15) is 0 Å². The summed E-state index contributed by atoms with van der Waals surface area (Å²) in [5, 5.41) is 11.6. The van der Waals surface area contributed by atoms with E-state index in [0.29, 0.717) is 31.3 Å². The van der Waals surface area contributed by atoms with Crippen LogP contribution in [0.5, 0.6) is 17.2 Å². The maximum absolute atomic E-state index is 5.83. The molecular formula is C20H22N4O3. The molecule has 0 saturated carbocycles. The SMILES string of the molecule is CCOc1cc(/C=N/n2cnnc2)ccc1OCCOc1cccc(C)c1. The minimum absolute atomic E-state index is 0.419. The standard InChI is InChI=1S/C20H22N4O3/c1-3-25-20-12-17(13-23-24-14-21-22-15-24)7-8-19(20)27-10-9-26-18-6-4-5-16(2)11-18/h4-8,11-15H,3,9-10H2,1-2H3/b23-13+. The third-order valence-electron chi connectivity index (χ3n) is 3.61. The van der Waals surface area contributed by atoms with E-state index in [1.165, 1.54) is 17.3 Å². The Kier molecular flexibility index (Phi) is 6.40. The van der Waals surface area contributed by atoms with Gasteiger partial charge in [-0.3, -0.25) is 0 Å². The van der Waals surface area contributed by atoms with Crippen molar-refractivity contribution in [3.05, 3.63) is 66.2 Å². The predicted octanol–water partition coefficient (Wildman–Crippen LogP) is 3.33. The maximum atomic E-state index is 5.83. The smallest absolute Gasteiger partial charge is 0.161 e. The fourth-order valence-electron chi connectivity index (χ4n) is 2.40. The van der Waals surface area contributed by atoms with Gasteiger partial charge in [-0.25, -0.2) is 4.68 Å². The van der Waals surface area contributed by atoms with Gasteiger partial charge in [-0.05, 0) is 55.3 Å². The Balaban J connectivity index is 1.58. The van der Waals surface area contributed by atoms with Crippen LogP contribution in [0.3, 0.4) is 0 Å². The minimum atomic E-state index is 0.419. The Morgan fingerprint density at radius 1 is 0.963 bits per heavy atom. The number of hydrogen-bond acceptors (Lipinski definition) is 6. The van der Waals surface area contributed by atoms with Crippen molar-refractivity contribution in [3.63, 3.8) is 0 Å². The molecular weight excluding hydrogens is 344 g/mol. The molecule has 0 fully saturated rings. The number of rotatable bonds is 9. The Morgan fingerprint density at radius 3 is 2.56 bits per heavy atom. The second kappa shape index (κ2) is 9.38. The Bertz CT molecular complexity index is 879. The van der Waals surface area contributed by atoms with Crippen molar-refractivity contribution in [2.75, 3.05) is 19.8 Å². The summed E-state index contributed by atoms with van der Waals surface area (Å²) in [7, 11) is 0. The highest BCUT2D eigenvalue weighted by Crippen LogP contribution is 2.28. The maximum Gasteiger partial charge on any atom is 0.161 e. The zero-order chi connectivity index (χ0) is 18.9. The van der Waals surface area contributed by atoms with E-state index in [1.807, 2.05) is 56.3 Å². The molecule has 0 aliphatic heterocycles. The summed E-state index contributed by atoms with van der Waals surface area (Å²) in [4.78, 5) is 0. The third kappa shape index (κ3) is 5.57. The monoisotopic (exact) mass is 366 g/mol. The van der Waals surface area contributed by atoms with E-state index in [1.54, 1.807) is 6.21 Å². The van der Waals surface area contributed by atoms with E-state index < -0.39 is 0 Å². The second-order valence-electron chi connectivity index (χ2n) is 5.74. The number of ether oxygens (including phenoxy) is 3. The molecule has 7 heteroatoms. The number of hydrogen-bond donors (Lipinski definition) is 0. The fraction of sp³-hybridized carbons (Fsp3) is 0.250. The van der Waals surface area contributed by atoms with Gasteiger partial charge in [0.15, 0.2) is 11.5 Å². The normalized spacial score (nSPS) is 10.9. The van der Waals surface area contributed by atoms with E-state index in [0.717, 1.165) is 16.9 Å². The summed E-state index contributed by atoms with van der Waals surface area (Å²) in [5.74, 6) is 2.18. The zero-order valence-corrected chi connectivity index (χ0v) is 15.4. The summed E-state index contributed by atoms with van der Waals surface area (Å²) in [6, 6.07) is 13.6. The minimum Gasteiger partial charge on any atom is -0.490 e. The van der Waals surface area contributed by atoms with Crippen LogP contribution in [-0.2, 0) is 0 Å². The van der Waals surface area contributed by atoms with Crippen LogP contribution >= 0.6 is 0 Å². The molecule has 0 atom stereocenters. The van der Waals surface area contributed by atoms with Gasteiger partial charge in [-0.15, -0.1) is 10.2 Å². The molecule has 0 unspecified atom stereocenters. The molecule has 7 nitrogen and oxygen atoms in total. The molecule has 27 heavy (non-hydrogen) atoms. The molecule has 1 aromatic heterocycles. The highest BCUT2D eigenvalue weighted by Gasteiger charge is 2.06. The highest BCUT2D eigenvalue weighted by molar-refractivity contribution is 5.80. The predicted molar refractivity (Wildman–Crippen MR) is 103 cm³/mol. The van der Waals surface area contributed by atoms with Crippen LogP contribution in [0.1, 0.15) is 18.1 Å². The van der Waals surface area contributed by atoms with Gasteiger partial charge in [0, 0.05) is 0 Å². The van der Waals surface area contributed by atoms with Gasteiger partial charge in [0.1, 0.15) is 31.6 Å². The van der Waals surface area contributed by atoms with Crippen molar-refractivity contribution in [3.8, 4) is 17.2 Å². The van der Waals surface area contributed by atoms with E-state index in [-0.39, 0.29) is 0 Å². The van der Waals surface area contributed by atoms with Crippen LogP contribution in [0.25, 0.3) is 0 Å². The Morgan fingerprint density at radius 2 is 1.78 bits per heavy atom. The van der Waals surface area contributed by atoms with Crippen LogP contribution < -0.4 is 14.2 Å². The lowest BCUT2D eigenvalue weighted by atomic mass is 10.2. The van der Waals surface area contributed by atoms with Gasteiger partial charge < -0.3 is 14.2 Å². The van der Waals surface area contributed by atoms with Crippen LogP contribution in [-0.4, -0.2) is 40.9 Å². The summed E-state index contributed by atoms with van der Waals surface area (Å²) in [6.45, 7) is 5.38. The molecule has 3 aromatic rings. The molecule has 3 rings (SSSR count). The molecule has 0 spiro atoms. The van der Waals surface area contributed by atoms with Crippen molar-refractivity contribution in [1.29, 1.82) is 0 Å². The lowest BCUT2D eigenvalue weighted by Crippen LogP contribution is -2.10. The van der Waals surface area contributed by atoms with E-state index >= 15 is 0 Å². The van der Waals surface area contributed by atoms with Crippen molar-refractivity contribution < 1.29 is 14.2 Å². The van der Waals surface area contributed by atoms with Gasteiger partial charge in [-0.2, -0.15) is 5.10 Å². The first-order chi connectivity index (χ1) is 13.2. The summed E-state index contributed by atoms with van der Waals surface area (Å²) >= 11 is 0. The number of nitrogens with zero attached hydrogens (tertiary/aromatic N) is 4. The van der Waals surface area contributed by atoms with Gasteiger partial charge in [0.2, 0.25) is 0 Å². The molecule has 0 bridgehead atoms. The van der Waals surface area contributed by atoms with Gasteiger partial charge in [0.05, 0.1) is 12.8 Å². The van der Waals surface area contributed by atoms with Crippen molar-refractivity contribution in [2.45, 2.75) is 13.8 Å². The Labute approximate surface area is 158 Å². The molecule has 0 N–H and O–H groups in total. The largest absolute Gasteiger partial charge is 0.490 e. The lowest BCUT2D eigenvalue weighted by molar-refractivity contribution is 0.208. The molecule has 0 aliphatic carbocycles. The first-order valence-corrected chi connectivity index (χ1v) is 8.72. The van der Waals surface area contributed by atoms with Gasteiger partial charge in [-0.1, -0.05) is 12.1 Å². The van der Waals surface area contributed by atoms with Crippen molar-refractivity contribution in [2.24, 2.45) is 5.10 Å². The van der Waals surface area contributed by atoms with Crippen LogP contribution in [0.2, 0.25) is 0 Å². The number of benzene rings is 2. The number of aromatic nitrogens is 3. The van der Waals surface area contributed by atoms with Gasteiger partial charge in [0.25, 0.3) is 0 Å². The third-order valence-corrected chi connectivity index (χ3v) is 3.61. The lowest BCUT2D eigenvalue weighted by Gasteiger charge is -2.13. The zero-order valence-electron chi connectivity index (χ0n) is 15.4. The molecule has 0 radical (unpaired) electrons. The highest BCUT2D eigenvalue weighted by atomic mass is 16.5. The van der Waals surface area contributed by atoms with Crippen LogP contribution in [0.15, 0.2) is 60.2 Å². The molecule has 1 heterocycles. The first-order valence-electron chi connectivity index (χ1n) is 8.72. The molecule has 2 aromatic carbocycles. The van der Waals surface area contributed by atoms with Crippen LogP contribution in [0.4, 0.5) is 0 Å². The Hall–Kier alpha value is -3.35. The summed E-state index contributed by atoms with van der Waals surface area (Å²) < 4.78 is 18.7. The second-order valence-corrected chi connectivity index (χ2v) is 5.74. The number of aryl methyl sites for hydroxylation is 1. The molecule has 140 valence electrons. The topological polar surface area (TPSA) is 70.8 Å². The average molecular weight is 366 g/mol. The molecule has 0 aliphatic rings. The van der Waals surface area contributed by atoms with E-state index in [4.69, 9.17) is 14.2 Å². The fourth-order valence-corrected chi connectivity index (χ4v) is 2.40. The quantitative estimate of drug-likeness (QED) is 0.429. The van der Waals surface area contributed by atoms with E-state index in [2.05, 4.69) is 15.3 Å². The first kappa shape index (κ1) is 18.4. The molecule has 0 amide bonds. The van der Waals surface area contributed by atoms with Crippen molar-refractivity contribution in [1.82, 2.24) is 14.9 Å². The summed E-state index contributed by atoms with van der Waals surface area (Å²) in [5.41, 5.74) is 2.05. The molecule has 0 saturated heterocycles.